The molecule has 2 aromatic heterocycles. The Morgan fingerprint density at radius 3 is 2.48 bits per heavy atom. The number of amides is 2. The topological polar surface area (TPSA) is 79.2 Å². The second-order valence-electron chi connectivity index (χ2n) is 7.08. The number of halogens is 3. The fourth-order valence-corrected chi connectivity index (χ4v) is 3.34. The molecule has 0 aliphatic carbocycles. The van der Waals surface area contributed by atoms with E-state index in [1.54, 1.807) is 28.2 Å². The van der Waals surface area contributed by atoms with Crippen LogP contribution in [-0.2, 0) is 6.18 Å². The zero-order chi connectivity index (χ0) is 22.0. The van der Waals surface area contributed by atoms with Crippen LogP contribution in [0.15, 0.2) is 49.1 Å². The fourth-order valence-electron chi connectivity index (χ4n) is 3.34. The van der Waals surface area contributed by atoms with Gasteiger partial charge in [-0.15, -0.1) is 0 Å². The lowest BCUT2D eigenvalue weighted by Crippen LogP contribution is -2.50. The molecular weight excluding hydrogens is 411 g/mol. The second-order valence-corrected chi connectivity index (χ2v) is 7.08. The van der Waals surface area contributed by atoms with E-state index in [4.69, 9.17) is 0 Å². The highest BCUT2D eigenvalue weighted by atomic mass is 19.4. The molecule has 2 amide bonds. The first-order valence-corrected chi connectivity index (χ1v) is 9.62. The van der Waals surface area contributed by atoms with Gasteiger partial charge >= 0.3 is 12.2 Å². The van der Waals surface area contributed by atoms with Crippen molar-refractivity contribution in [1.29, 1.82) is 0 Å². The molecule has 1 aliphatic rings. The monoisotopic (exact) mass is 431 g/mol. The Hall–Kier alpha value is -3.63. The Balaban J connectivity index is 1.39. The minimum atomic E-state index is -4.46. The smallest absolute Gasteiger partial charge is 0.353 e. The van der Waals surface area contributed by atoms with Crippen LogP contribution < -0.4 is 10.2 Å². The molecule has 8 nitrogen and oxygen atoms in total. The van der Waals surface area contributed by atoms with Gasteiger partial charge in [-0.05, 0) is 25.1 Å². The summed E-state index contributed by atoms with van der Waals surface area (Å²) in [6.07, 6.45) is 0.652. The molecule has 31 heavy (non-hydrogen) atoms. The number of nitrogens with one attached hydrogen (secondary N) is 1. The van der Waals surface area contributed by atoms with Gasteiger partial charge in [-0.1, -0.05) is 6.07 Å². The van der Waals surface area contributed by atoms with Crippen LogP contribution in [0.4, 0.5) is 29.5 Å². The molecule has 3 aromatic rings. The lowest BCUT2D eigenvalue weighted by atomic mass is 10.2. The van der Waals surface area contributed by atoms with Gasteiger partial charge in [0.25, 0.3) is 0 Å². The van der Waals surface area contributed by atoms with E-state index in [1.165, 1.54) is 12.1 Å². The van der Waals surface area contributed by atoms with E-state index in [-0.39, 0.29) is 5.69 Å². The van der Waals surface area contributed by atoms with Crippen LogP contribution in [0.3, 0.4) is 0 Å². The number of hydrogen-bond donors (Lipinski definition) is 1. The van der Waals surface area contributed by atoms with E-state index in [0.717, 1.165) is 18.0 Å². The van der Waals surface area contributed by atoms with Gasteiger partial charge < -0.3 is 15.1 Å². The van der Waals surface area contributed by atoms with Crippen LogP contribution in [0.25, 0.3) is 5.82 Å². The Kier molecular flexibility index (Phi) is 5.49. The van der Waals surface area contributed by atoms with Crippen LogP contribution in [0.2, 0.25) is 0 Å². The summed E-state index contributed by atoms with van der Waals surface area (Å²) in [5, 5.41) is 2.55. The molecule has 1 aromatic carbocycles. The zero-order valence-corrected chi connectivity index (χ0v) is 16.7. The van der Waals surface area contributed by atoms with Crippen molar-refractivity contribution in [3.63, 3.8) is 0 Å². The molecule has 0 saturated carbocycles. The van der Waals surface area contributed by atoms with Crippen LogP contribution in [-0.4, -0.2) is 56.6 Å². The highest BCUT2D eigenvalue weighted by molar-refractivity contribution is 5.89. The van der Waals surface area contributed by atoms with Crippen LogP contribution >= 0.6 is 0 Å². The average Bonchev–Trinajstić information content (AvgIpc) is 3.28. The van der Waals surface area contributed by atoms with Gasteiger partial charge in [0.1, 0.15) is 23.8 Å². The van der Waals surface area contributed by atoms with E-state index in [1.807, 2.05) is 17.9 Å². The molecule has 0 unspecified atom stereocenters. The molecule has 1 aliphatic heterocycles. The number of nitrogens with zero attached hydrogens (tertiary/aromatic N) is 6. The van der Waals surface area contributed by atoms with Gasteiger partial charge in [0.2, 0.25) is 0 Å². The zero-order valence-electron chi connectivity index (χ0n) is 16.7. The first-order valence-electron chi connectivity index (χ1n) is 9.62. The maximum Gasteiger partial charge on any atom is 0.416 e. The summed E-state index contributed by atoms with van der Waals surface area (Å²) in [5.74, 6) is 2.06. The van der Waals surface area contributed by atoms with Crippen molar-refractivity contribution in [1.82, 2.24) is 24.4 Å². The van der Waals surface area contributed by atoms with E-state index in [2.05, 4.69) is 20.3 Å². The number of aryl methyl sites for hydroxylation is 1. The number of piperazine rings is 1. The first-order chi connectivity index (χ1) is 14.8. The highest BCUT2D eigenvalue weighted by Gasteiger charge is 2.31. The molecule has 0 atom stereocenters. The molecule has 0 radical (unpaired) electrons. The summed E-state index contributed by atoms with van der Waals surface area (Å²) in [6.45, 7) is 3.71. The number of urea groups is 1. The summed E-state index contributed by atoms with van der Waals surface area (Å²) in [5.41, 5.74) is -0.693. The first kappa shape index (κ1) is 20.6. The highest BCUT2D eigenvalue weighted by Crippen LogP contribution is 2.30. The third-order valence-electron chi connectivity index (χ3n) is 4.91. The van der Waals surface area contributed by atoms with Crippen LogP contribution in [0, 0.1) is 6.92 Å². The minimum Gasteiger partial charge on any atom is -0.353 e. The van der Waals surface area contributed by atoms with Crippen molar-refractivity contribution in [2.24, 2.45) is 0 Å². The minimum absolute atomic E-state index is 0.110. The Bertz CT molecular complexity index is 1060. The van der Waals surface area contributed by atoms with Gasteiger partial charge in [-0.25, -0.2) is 19.7 Å². The number of carbonyl (C=O) groups excluding carboxylic acids is 1. The number of alkyl halides is 3. The van der Waals surface area contributed by atoms with Crippen molar-refractivity contribution in [3.05, 3.63) is 60.4 Å². The third-order valence-corrected chi connectivity index (χ3v) is 4.91. The number of benzene rings is 1. The molecule has 162 valence electrons. The number of anilines is 2. The molecule has 1 saturated heterocycles. The standard InChI is InChI=1S/C20H20F3N7O/c1-14-25-17(12-18(26-14)30-6-5-24-13-30)28-7-9-29(10-8-28)19(31)27-16-4-2-3-15(11-16)20(21,22)23/h2-6,11-13H,7-10H2,1H3,(H,27,31). The quantitative estimate of drug-likeness (QED) is 0.688. The van der Waals surface area contributed by atoms with Crippen molar-refractivity contribution in [3.8, 4) is 5.82 Å². The summed E-state index contributed by atoms with van der Waals surface area (Å²) in [4.78, 5) is 29.1. The van der Waals surface area contributed by atoms with Crippen LogP contribution in [0.5, 0.6) is 0 Å². The maximum absolute atomic E-state index is 12.9. The lowest BCUT2D eigenvalue weighted by molar-refractivity contribution is -0.137. The summed E-state index contributed by atoms with van der Waals surface area (Å²) in [6, 6.07) is 6.02. The Morgan fingerprint density at radius 1 is 1.06 bits per heavy atom. The lowest BCUT2D eigenvalue weighted by Gasteiger charge is -2.35. The van der Waals surface area contributed by atoms with E-state index >= 15 is 0 Å². The van der Waals surface area contributed by atoms with E-state index in [9.17, 15) is 18.0 Å². The molecule has 11 heteroatoms. The summed E-state index contributed by atoms with van der Waals surface area (Å²) >= 11 is 0. The van der Waals surface area contributed by atoms with E-state index in [0.29, 0.717) is 37.8 Å². The summed E-state index contributed by atoms with van der Waals surface area (Å²) in [7, 11) is 0. The number of hydrogen-bond acceptors (Lipinski definition) is 5. The molecule has 4 rings (SSSR count). The van der Waals surface area contributed by atoms with Crippen LogP contribution in [0.1, 0.15) is 11.4 Å². The number of imidazole rings is 1. The van der Waals surface area contributed by atoms with Crippen molar-refractivity contribution >= 4 is 17.5 Å². The molecule has 1 fully saturated rings. The summed E-state index contributed by atoms with van der Waals surface area (Å²) < 4.78 is 40.4. The largest absolute Gasteiger partial charge is 0.416 e. The average molecular weight is 431 g/mol. The number of rotatable bonds is 3. The number of carbonyl (C=O) groups is 1. The van der Waals surface area contributed by atoms with Gasteiger partial charge in [-0.3, -0.25) is 4.57 Å². The normalized spacial score (nSPS) is 14.6. The SMILES string of the molecule is Cc1nc(N2CCN(C(=O)Nc3cccc(C(F)(F)F)c3)CC2)cc(-n2ccnc2)n1. The predicted molar refractivity (Wildman–Crippen MR) is 108 cm³/mol. The van der Waals surface area contributed by atoms with Crippen molar-refractivity contribution < 1.29 is 18.0 Å². The van der Waals surface area contributed by atoms with E-state index < -0.39 is 17.8 Å². The molecule has 1 N–H and O–H groups in total. The molecule has 3 heterocycles. The Morgan fingerprint density at radius 2 is 1.81 bits per heavy atom. The van der Waals surface area contributed by atoms with Gasteiger partial charge in [0, 0.05) is 50.3 Å². The van der Waals surface area contributed by atoms with Gasteiger partial charge in [0.05, 0.1) is 5.56 Å². The predicted octanol–water partition coefficient (Wildman–Crippen LogP) is 3.34. The number of aromatic nitrogens is 4. The Labute approximate surface area is 176 Å². The maximum atomic E-state index is 12.9. The van der Waals surface area contributed by atoms with Gasteiger partial charge in [-0.2, -0.15) is 13.2 Å². The third kappa shape index (κ3) is 4.76. The molecule has 0 spiro atoms. The second kappa shape index (κ2) is 8.25. The van der Waals surface area contributed by atoms with Gasteiger partial charge in [0.15, 0.2) is 0 Å². The van der Waals surface area contributed by atoms with Crippen molar-refractivity contribution in [2.45, 2.75) is 13.1 Å². The molecule has 0 bridgehead atoms. The molecular formula is C20H20F3N7O. The van der Waals surface area contributed by atoms with Crippen molar-refractivity contribution in [2.75, 3.05) is 36.4 Å². The fraction of sp³-hybridized carbons (Fsp3) is 0.300.